The van der Waals surface area contributed by atoms with Crippen molar-refractivity contribution in [2.75, 3.05) is 5.75 Å². The molecule has 0 amide bonds. The molecule has 2 unspecified atom stereocenters. The van der Waals surface area contributed by atoms with Crippen molar-refractivity contribution >= 4 is 16.9 Å². The molecule has 1 aliphatic heterocycles. The lowest BCUT2D eigenvalue weighted by atomic mass is 9.75. The average molecular weight is 254 g/mol. The molecule has 17 heavy (non-hydrogen) atoms. The lowest BCUT2D eigenvalue weighted by Crippen LogP contribution is -2.39. The zero-order valence-corrected chi connectivity index (χ0v) is 12.4. The van der Waals surface area contributed by atoms with E-state index in [2.05, 4.69) is 33.0 Å². The largest absolute Gasteiger partial charge is 0.362 e. The average Bonchev–Trinajstić information content (AvgIpc) is 2.64. The summed E-state index contributed by atoms with van der Waals surface area (Å²) in [5.74, 6) is 1.83. The first kappa shape index (κ1) is 13.3. The number of nitrogens with zero attached hydrogens (tertiary/aromatic N) is 1. The highest BCUT2D eigenvalue weighted by molar-refractivity contribution is 8.14. The number of amidine groups is 1. The molecule has 2 aliphatic rings. The van der Waals surface area contributed by atoms with E-state index in [1.807, 2.05) is 11.8 Å². The summed E-state index contributed by atoms with van der Waals surface area (Å²) in [6, 6.07) is 1.18. The lowest BCUT2D eigenvalue weighted by molar-refractivity contribution is 0.211. The molecular weight excluding hydrogens is 228 g/mol. The molecule has 98 valence electrons. The van der Waals surface area contributed by atoms with E-state index in [1.54, 1.807) is 0 Å². The molecule has 3 heteroatoms. The highest BCUT2D eigenvalue weighted by atomic mass is 32.2. The monoisotopic (exact) mass is 254 g/mol. The third-order valence-corrected chi connectivity index (χ3v) is 4.98. The van der Waals surface area contributed by atoms with Crippen LogP contribution < -0.4 is 5.32 Å². The van der Waals surface area contributed by atoms with E-state index < -0.39 is 0 Å². The molecule has 2 nitrogen and oxygen atoms in total. The van der Waals surface area contributed by atoms with Crippen molar-refractivity contribution < 1.29 is 0 Å². The smallest absolute Gasteiger partial charge is 0.157 e. The number of hydrogen-bond donors (Lipinski definition) is 1. The Hall–Kier alpha value is -0.180. The van der Waals surface area contributed by atoms with Gasteiger partial charge in [0, 0.05) is 11.8 Å². The van der Waals surface area contributed by atoms with Gasteiger partial charge in [0.25, 0.3) is 0 Å². The Balaban J connectivity index is 1.87. The first-order valence-electron chi connectivity index (χ1n) is 6.93. The van der Waals surface area contributed by atoms with Gasteiger partial charge >= 0.3 is 0 Å². The molecule has 1 aliphatic carbocycles. The van der Waals surface area contributed by atoms with E-state index in [1.165, 1.54) is 30.9 Å². The van der Waals surface area contributed by atoms with Crippen molar-refractivity contribution in [3.8, 4) is 0 Å². The van der Waals surface area contributed by atoms with Crippen LogP contribution in [0.2, 0.25) is 0 Å². The zero-order chi connectivity index (χ0) is 12.5. The van der Waals surface area contributed by atoms with Crippen LogP contribution in [0.15, 0.2) is 4.99 Å². The fourth-order valence-corrected chi connectivity index (χ4v) is 4.05. The summed E-state index contributed by atoms with van der Waals surface area (Å²) >= 11 is 1.91. The SMILES string of the molecule is CC(C)C1CSC(NC2CCCC(C)(C)C2)=N1. The highest BCUT2D eigenvalue weighted by Gasteiger charge is 2.30. The second kappa shape index (κ2) is 5.21. The maximum atomic E-state index is 4.80. The minimum absolute atomic E-state index is 0.511. The zero-order valence-electron chi connectivity index (χ0n) is 11.6. The van der Waals surface area contributed by atoms with Crippen LogP contribution in [0.25, 0.3) is 0 Å². The van der Waals surface area contributed by atoms with Gasteiger partial charge in [-0.15, -0.1) is 0 Å². The van der Waals surface area contributed by atoms with Gasteiger partial charge in [0.1, 0.15) is 0 Å². The second-order valence-corrected chi connectivity index (χ2v) is 7.67. The summed E-state index contributed by atoms with van der Waals surface area (Å²) in [5, 5.41) is 4.87. The van der Waals surface area contributed by atoms with Crippen molar-refractivity contribution in [2.45, 2.75) is 65.5 Å². The molecule has 2 rings (SSSR count). The predicted octanol–water partition coefficient (Wildman–Crippen LogP) is 3.67. The molecule has 0 aromatic heterocycles. The van der Waals surface area contributed by atoms with Gasteiger partial charge in [-0.25, -0.2) is 0 Å². The van der Waals surface area contributed by atoms with Gasteiger partial charge in [-0.3, -0.25) is 4.99 Å². The van der Waals surface area contributed by atoms with E-state index >= 15 is 0 Å². The molecule has 0 bridgehead atoms. The summed E-state index contributed by atoms with van der Waals surface area (Å²) in [6.07, 6.45) is 5.34. The fraction of sp³-hybridized carbons (Fsp3) is 0.929. The van der Waals surface area contributed by atoms with Crippen molar-refractivity contribution in [1.82, 2.24) is 5.32 Å². The van der Waals surface area contributed by atoms with Crippen LogP contribution in [-0.2, 0) is 0 Å². The quantitative estimate of drug-likeness (QED) is 0.813. The molecule has 0 radical (unpaired) electrons. The van der Waals surface area contributed by atoms with Crippen molar-refractivity contribution in [1.29, 1.82) is 0 Å². The molecular formula is C14H26N2S. The van der Waals surface area contributed by atoms with Gasteiger partial charge in [-0.1, -0.05) is 45.9 Å². The summed E-state index contributed by atoms with van der Waals surface area (Å²) in [7, 11) is 0. The van der Waals surface area contributed by atoms with Crippen molar-refractivity contribution in [3.63, 3.8) is 0 Å². The van der Waals surface area contributed by atoms with Gasteiger partial charge in [0.05, 0.1) is 6.04 Å². The minimum Gasteiger partial charge on any atom is -0.362 e. The normalized spacial score (nSPS) is 32.6. The van der Waals surface area contributed by atoms with Crippen LogP contribution in [0.3, 0.4) is 0 Å². The lowest BCUT2D eigenvalue weighted by Gasteiger charge is -2.35. The van der Waals surface area contributed by atoms with E-state index in [9.17, 15) is 0 Å². The summed E-state index contributed by atoms with van der Waals surface area (Å²) in [6.45, 7) is 9.31. The summed E-state index contributed by atoms with van der Waals surface area (Å²) in [5.41, 5.74) is 0.511. The number of nitrogens with one attached hydrogen (secondary N) is 1. The van der Waals surface area contributed by atoms with Gasteiger partial charge in [-0.2, -0.15) is 0 Å². The predicted molar refractivity (Wildman–Crippen MR) is 77.7 cm³/mol. The third kappa shape index (κ3) is 3.64. The second-order valence-electron chi connectivity index (χ2n) is 6.66. The molecule has 0 spiro atoms. The Labute approximate surface area is 110 Å². The standard InChI is InChI=1S/C14H26N2S/c1-10(2)12-9-17-13(16-12)15-11-6-5-7-14(3,4)8-11/h10-12H,5-9H2,1-4H3,(H,15,16). The number of rotatable bonds is 2. The molecule has 1 N–H and O–H groups in total. The van der Waals surface area contributed by atoms with Crippen molar-refractivity contribution in [2.24, 2.45) is 16.3 Å². The van der Waals surface area contributed by atoms with Crippen LogP contribution in [-0.4, -0.2) is 23.0 Å². The minimum atomic E-state index is 0.511. The van der Waals surface area contributed by atoms with E-state index in [0.29, 0.717) is 23.4 Å². The molecule has 1 saturated carbocycles. The molecule has 1 fully saturated rings. The Kier molecular flexibility index (Phi) is 4.06. The number of hydrogen-bond acceptors (Lipinski definition) is 3. The molecule has 0 saturated heterocycles. The van der Waals surface area contributed by atoms with E-state index in [-0.39, 0.29) is 0 Å². The Morgan fingerprint density at radius 1 is 1.41 bits per heavy atom. The number of aliphatic imine (C=N–C) groups is 1. The summed E-state index contributed by atoms with van der Waals surface area (Å²) < 4.78 is 0. The van der Waals surface area contributed by atoms with E-state index in [0.717, 1.165) is 5.75 Å². The maximum Gasteiger partial charge on any atom is 0.157 e. The molecule has 0 aromatic carbocycles. The Morgan fingerprint density at radius 3 is 2.76 bits per heavy atom. The Bertz CT molecular complexity index is 297. The topological polar surface area (TPSA) is 24.4 Å². The van der Waals surface area contributed by atoms with Gasteiger partial charge in [0.15, 0.2) is 5.17 Å². The van der Waals surface area contributed by atoms with Crippen LogP contribution >= 0.6 is 11.8 Å². The van der Waals surface area contributed by atoms with Crippen LogP contribution in [0.4, 0.5) is 0 Å². The van der Waals surface area contributed by atoms with Crippen LogP contribution in [0, 0.1) is 11.3 Å². The van der Waals surface area contributed by atoms with Gasteiger partial charge in [0.2, 0.25) is 0 Å². The molecule has 1 heterocycles. The third-order valence-electron chi connectivity index (χ3n) is 3.98. The first-order chi connectivity index (χ1) is 7.96. The maximum absolute atomic E-state index is 4.80. The molecule has 2 atom stereocenters. The van der Waals surface area contributed by atoms with Crippen LogP contribution in [0.1, 0.15) is 53.4 Å². The van der Waals surface area contributed by atoms with Crippen molar-refractivity contribution in [3.05, 3.63) is 0 Å². The fourth-order valence-electron chi connectivity index (χ4n) is 2.81. The summed E-state index contributed by atoms with van der Waals surface area (Å²) in [4.78, 5) is 4.80. The van der Waals surface area contributed by atoms with E-state index in [4.69, 9.17) is 4.99 Å². The Morgan fingerprint density at radius 2 is 2.18 bits per heavy atom. The van der Waals surface area contributed by atoms with Crippen LogP contribution in [0.5, 0.6) is 0 Å². The number of thioether (sulfide) groups is 1. The van der Waals surface area contributed by atoms with Gasteiger partial charge < -0.3 is 5.32 Å². The van der Waals surface area contributed by atoms with Gasteiger partial charge in [-0.05, 0) is 30.6 Å². The highest BCUT2D eigenvalue weighted by Crippen LogP contribution is 2.35. The first-order valence-corrected chi connectivity index (χ1v) is 7.92. The molecule has 0 aromatic rings.